The van der Waals surface area contributed by atoms with Gasteiger partial charge in [-0.3, -0.25) is 0 Å². The first kappa shape index (κ1) is 15.8. The van der Waals surface area contributed by atoms with Crippen molar-refractivity contribution in [3.8, 4) is 11.5 Å². The van der Waals surface area contributed by atoms with Crippen LogP contribution in [0.15, 0.2) is 12.1 Å². The molecule has 0 saturated carbocycles. The molecule has 1 aromatic carbocycles. The summed E-state index contributed by atoms with van der Waals surface area (Å²) in [5, 5.41) is 3.20. The molecular weight excluding hydrogens is 240 g/mol. The van der Waals surface area contributed by atoms with Crippen molar-refractivity contribution in [2.45, 2.75) is 26.3 Å². The minimum Gasteiger partial charge on any atom is -0.493 e. The van der Waals surface area contributed by atoms with Gasteiger partial charge >= 0.3 is 0 Å². The average Bonchev–Trinajstić information content (AvgIpc) is 2.43. The Morgan fingerprint density at radius 2 is 1.79 bits per heavy atom. The summed E-state index contributed by atoms with van der Waals surface area (Å²) in [6.45, 7) is 5.13. The van der Waals surface area contributed by atoms with E-state index in [4.69, 9.17) is 15.2 Å². The van der Waals surface area contributed by atoms with E-state index in [2.05, 4.69) is 19.2 Å². The van der Waals surface area contributed by atoms with Crippen molar-refractivity contribution in [1.29, 1.82) is 0 Å². The molecule has 0 radical (unpaired) electrons. The Morgan fingerprint density at radius 3 is 2.26 bits per heavy atom. The predicted octanol–water partition coefficient (Wildman–Crippen LogP) is 2.26. The molecule has 4 nitrogen and oxygen atoms in total. The Morgan fingerprint density at radius 1 is 1.21 bits per heavy atom. The van der Waals surface area contributed by atoms with Gasteiger partial charge in [0.2, 0.25) is 0 Å². The van der Waals surface area contributed by atoms with Gasteiger partial charge in [0.15, 0.2) is 11.5 Å². The summed E-state index contributed by atoms with van der Waals surface area (Å²) in [7, 11) is 5.25. The second-order valence-corrected chi connectivity index (χ2v) is 4.82. The van der Waals surface area contributed by atoms with Crippen molar-refractivity contribution in [2.24, 2.45) is 11.7 Å². The molecule has 0 spiro atoms. The van der Waals surface area contributed by atoms with Crippen LogP contribution < -0.4 is 20.5 Å². The van der Waals surface area contributed by atoms with Gasteiger partial charge in [0.1, 0.15) is 0 Å². The molecule has 0 fully saturated rings. The third-order valence-electron chi connectivity index (χ3n) is 3.63. The fourth-order valence-electron chi connectivity index (χ4n) is 2.40. The van der Waals surface area contributed by atoms with E-state index in [1.165, 1.54) is 0 Å². The largest absolute Gasteiger partial charge is 0.493 e. The molecule has 0 aliphatic heterocycles. The molecule has 0 aromatic heterocycles. The molecule has 0 amide bonds. The highest BCUT2D eigenvalue weighted by Crippen LogP contribution is 2.34. The number of ether oxygens (including phenoxy) is 2. The zero-order chi connectivity index (χ0) is 14.4. The highest BCUT2D eigenvalue weighted by atomic mass is 16.5. The van der Waals surface area contributed by atoms with Gasteiger partial charge in [-0.05, 0) is 49.7 Å². The Balaban J connectivity index is 3.11. The second-order valence-electron chi connectivity index (χ2n) is 4.82. The van der Waals surface area contributed by atoms with Crippen molar-refractivity contribution in [2.75, 3.05) is 27.8 Å². The Hall–Kier alpha value is -1.26. The molecular formula is C15H26N2O2. The molecule has 0 heterocycles. The topological polar surface area (TPSA) is 56.5 Å². The first-order chi connectivity index (χ1) is 9.08. The summed E-state index contributed by atoms with van der Waals surface area (Å²) in [6.07, 6.45) is 1.04. The Kier molecular flexibility index (Phi) is 6.12. The summed E-state index contributed by atoms with van der Waals surface area (Å²) in [6, 6.07) is 3.98. The predicted molar refractivity (Wildman–Crippen MR) is 78.9 cm³/mol. The summed E-state index contributed by atoms with van der Waals surface area (Å²) in [4.78, 5) is 0. The zero-order valence-electron chi connectivity index (χ0n) is 12.6. The number of benzene rings is 1. The van der Waals surface area contributed by atoms with E-state index >= 15 is 0 Å². The lowest BCUT2D eigenvalue weighted by Gasteiger charge is -2.25. The number of rotatable bonds is 7. The molecule has 0 aliphatic carbocycles. The molecule has 1 aromatic rings. The minimum atomic E-state index is -0.00254. The maximum absolute atomic E-state index is 6.42. The highest BCUT2D eigenvalue weighted by Gasteiger charge is 2.21. The molecule has 108 valence electrons. The van der Waals surface area contributed by atoms with Crippen molar-refractivity contribution in [3.05, 3.63) is 23.3 Å². The maximum atomic E-state index is 6.42. The van der Waals surface area contributed by atoms with Crippen LogP contribution in [0, 0.1) is 12.8 Å². The van der Waals surface area contributed by atoms with Crippen LogP contribution in [0.3, 0.4) is 0 Å². The van der Waals surface area contributed by atoms with Crippen LogP contribution in [0.1, 0.15) is 30.5 Å². The van der Waals surface area contributed by atoms with E-state index in [1.54, 1.807) is 14.2 Å². The van der Waals surface area contributed by atoms with Crippen LogP contribution in [0.25, 0.3) is 0 Å². The van der Waals surface area contributed by atoms with Gasteiger partial charge in [-0.25, -0.2) is 0 Å². The first-order valence-corrected chi connectivity index (χ1v) is 6.71. The van der Waals surface area contributed by atoms with E-state index in [1.807, 2.05) is 19.2 Å². The first-order valence-electron chi connectivity index (χ1n) is 6.71. The Bertz CT molecular complexity index is 407. The second kappa shape index (κ2) is 7.36. The van der Waals surface area contributed by atoms with Crippen molar-refractivity contribution in [3.63, 3.8) is 0 Å². The van der Waals surface area contributed by atoms with Crippen molar-refractivity contribution < 1.29 is 9.47 Å². The number of aryl methyl sites for hydroxylation is 1. The quantitative estimate of drug-likeness (QED) is 0.795. The molecule has 19 heavy (non-hydrogen) atoms. The van der Waals surface area contributed by atoms with Crippen LogP contribution in [-0.2, 0) is 0 Å². The van der Waals surface area contributed by atoms with Crippen molar-refractivity contribution >= 4 is 0 Å². The van der Waals surface area contributed by atoms with E-state index < -0.39 is 0 Å². The van der Waals surface area contributed by atoms with E-state index in [9.17, 15) is 0 Å². The van der Waals surface area contributed by atoms with Crippen LogP contribution in [0.4, 0.5) is 0 Å². The summed E-state index contributed by atoms with van der Waals surface area (Å²) < 4.78 is 10.7. The molecule has 0 saturated heterocycles. The van der Waals surface area contributed by atoms with Gasteiger partial charge in [0, 0.05) is 6.04 Å². The van der Waals surface area contributed by atoms with Crippen LogP contribution in [0.2, 0.25) is 0 Å². The number of nitrogens with two attached hydrogens (primary N) is 1. The van der Waals surface area contributed by atoms with Gasteiger partial charge in [-0.1, -0.05) is 13.3 Å². The molecule has 0 bridgehead atoms. The number of methoxy groups -OCH3 is 2. The van der Waals surface area contributed by atoms with Gasteiger partial charge in [-0.15, -0.1) is 0 Å². The third kappa shape index (κ3) is 3.61. The lowest BCUT2D eigenvalue weighted by atomic mass is 9.89. The fraction of sp³-hybridized carbons (Fsp3) is 0.600. The number of hydrogen-bond acceptors (Lipinski definition) is 4. The average molecular weight is 266 g/mol. The zero-order valence-corrected chi connectivity index (χ0v) is 12.6. The van der Waals surface area contributed by atoms with E-state index in [0.29, 0.717) is 5.92 Å². The summed E-state index contributed by atoms with van der Waals surface area (Å²) in [5.74, 6) is 1.89. The standard InChI is InChI=1S/C15H26N2O2/c1-6-11(9-17-3)15(16)12-8-14(19-5)13(18-4)7-10(12)2/h7-8,11,15,17H,6,9,16H2,1-5H3. The Labute approximate surface area is 116 Å². The lowest BCUT2D eigenvalue weighted by molar-refractivity contribution is 0.351. The maximum Gasteiger partial charge on any atom is 0.161 e. The fourth-order valence-corrected chi connectivity index (χ4v) is 2.40. The normalized spacial score (nSPS) is 14.0. The van der Waals surface area contributed by atoms with Gasteiger partial charge in [0.25, 0.3) is 0 Å². The smallest absolute Gasteiger partial charge is 0.161 e. The van der Waals surface area contributed by atoms with Crippen molar-refractivity contribution in [1.82, 2.24) is 5.32 Å². The monoisotopic (exact) mass is 266 g/mol. The van der Waals surface area contributed by atoms with Crippen LogP contribution in [-0.4, -0.2) is 27.8 Å². The molecule has 0 aliphatic rings. The minimum absolute atomic E-state index is 0.00254. The summed E-state index contributed by atoms with van der Waals surface area (Å²) >= 11 is 0. The van der Waals surface area contributed by atoms with Gasteiger partial charge < -0.3 is 20.5 Å². The van der Waals surface area contributed by atoms with Gasteiger partial charge in [0.05, 0.1) is 14.2 Å². The molecule has 2 unspecified atom stereocenters. The van der Waals surface area contributed by atoms with Crippen LogP contribution in [0.5, 0.6) is 11.5 Å². The number of nitrogens with one attached hydrogen (secondary N) is 1. The SMILES string of the molecule is CCC(CNC)C(N)c1cc(OC)c(OC)cc1C. The van der Waals surface area contributed by atoms with E-state index in [-0.39, 0.29) is 6.04 Å². The van der Waals surface area contributed by atoms with E-state index in [0.717, 1.165) is 35.6 Å². The molecule has 2 atom stereocenters. The molecule has 1 rings (SSSR count). The third-order valence-corrected chi connectivity index (χ3v) is 3.63. The molecule has 3 N–H and O–H groups in total. The van der Waals surface area contributed by atoms with Crippen LogP contribution >= 0.6 is 0 Å². The summed E-state index contributed by atoms with van der Waals surface area (Å²) in [5.41, 5.74) is 8.68. The number of hydrogen-bond donors (Lipinski definition) is 2. The molecule has 4 heteroatoms. The van der Waals surface area contributed by atoms with Gasteiger partial charge in [-0.2, -0.15) is 0 Å². The highest BCUT2D eigenvalue weighted by molar-refractivity contribution is 5.48. The lowest BCUT2D eigenvalue weighted by Crippen LogP contribution is -2.29.